The zero-order chi connectivity index (χ0) is 46.5. The molecule has 0 radical (unpaired) electrons. The summed E-state index contributed by atoms with van der Waals surface area (Å²) in [7, 11) is -7.37. The Kier molecular flexibility index (Phi) is 11.7. The van der Waals surface area contributed by atoms with Crippen LogP contribution in [0.25, 0.3) is 22.0 Å². The summed E-state index contributed by atoms with van der Waals surface area (Å²) in [4.78, 5) is 45.4. The van der Waals surface area contributed by atoms with Crippen LogP contribution in [-0.4, -0.2) is 68.1 Å². The molecule has 0 saturated carbocycles. The first-order chi connectivity index (χ1) is 31.6. The first-order valence-corrected chi connectivity index (χ1v) is 22.9. The van der Waals surface area contributed by atoms with Crippen LogP contribution in [0.2, 0.25) is 0 Å². The number of ketones is 1. The summed E-state index contributed by atoms with van der Waals surface area (Å²) in [6, 6.07) is 22.9. The summed E-state index contributed by atoms with van der Waals surface area (Å²) in [5.74, 6) is -1.27. The van der Waals surface area contributed by atoms with Crippen molar-refractivity contribution in [2.45, 2.75) is 19.6 Å². The molecule has 1 aliphatic carbocycles. The number of hydrogen-bond donors (Lipinski definition) is 8. The molecule has 2 aliphatic rings. The number of amidine groups is 1. The van der Waals surface area contributed by atoms with Crippen LogP contribution < -0.4 is 26.2 Å². The Bertz CT molecular complexity index is 3500. The number of rotatable bonds is 14. The Morgan fingerprint density at radius 3 is 2.09 bits per heavy atom. The van der Waals surface area contributed by atoms with Gasteiger partial charge in [-0.15, -0.1) is 8.67 Å². The predicted molar refractivity (Wildman–Crippen MR) is 236 cm³/mol. The first kappa shape index (κ1) is 44.2. The van der Waals surface area contributed by atoms with E-state index in [1.54, 1.807) is 48.5 Å². The number of hydrogen-bond acceptors (Lipinski definition) is 22. The van der Waals surface area contributed by atoms with E-state index in [2.05, 4.69) is 55.0 Å². The smallest absolute Gasteiger partial charge is 0.320 e. The number of carbonyl (C=O) groups excluding carboxylic acids is 1. The van der Waals surface area contributed by atoms with E-state index in [4.69, 9.17) is 14.8 Å². The number of anilines is 6. The van der Waals surface area contributed by atoms with Crippen LogP contribution >= 0.6 is 24.1 Å². The largest absolute Gasteiger partial charge is 0.479 e. The molecule has 23 nitrogen and oxygen atoms in total. The molecule has 9 rings (SSSR count). The van der Waals surface area contributed by atoms with Gasteiger partial charge in [0.25, 0.3) is 25.7 Å². The van der Waals surface area contributed by atoms with Crippen LogP contribution in [0.1, 0.15) is 21.5 Å². The molecule has 0 fully saturated rings. The molecule has 1 aliphatic heterocycles. The molecule has 0 atom stereocenters. The molecule has 3 heterocycles. The fourth-order valence-electron chi connectivity index (χ4n) is 7.30. The van der Waals surface area contributed by atoms with Gasteiger partial charge >= 0.3 is 6.01 Å². The van der Waals surface area contributed by atoms with E-state index in [9.17, 15) is 36.1 Å². The van der Waals surface area contributed by atoms with Gasteiger partial charge in [-0.2, -0.15) is 23.4 Å². The van der Waals surface area contributed by atoms with Crippen LogP contribution in [0, 0.1) is 0 Å². The Labute approximate surface area is 379 Å². The Hall–Kier alpha value is -7.02. The van der Waals surface area contributed by atoms with Crippen LogP contribution in [0.5, 0.6) is 6.01 Å². The van der Waals surface area contributed by atoms with E-state index in [0.717, 1.165) is 12.1 Å². The van der Waals surface area contributed by atoms with E-state index in [0.29, 0.717) is 40.6 Å². The molecule has 0 unspecified atom stereocenters. The Morgan fingerprint density at radius 2 is 1.38 bits per heavy atom. The SMILES string of the molecule is Cn1c(=O)c(C2=Nc3ccccc3S(=O)(=O)N2)c2c3c(c(Nc4cc(Nc5nc(O)nc(Nc6cc(S(=O)(=O)O)ccc6SOOO)n5)ccc4SOOO)ccc31)C(=O)c1ccccc1-2. The van der Waals surface area contributed by atoms with Gasteiger partial charge in [0.05, 0.1) is 78.2 Å². The van der Waals surface area contributed by atoms with Gasteiger partial charge in [0.1, 0.15) is 4.90 Å². The van der Waals surface area contributed by atoms with Crippen LogP contribution in [0.4, 0.5) is 40.3 Å². The zero-order valence-corrected chi connectivity index (χ0v) is 36.2. The third-order valence-electron chi connectivity index (χ3n) is 10.0. The fourth-order valence-corrected chi connectivity index (χ4v) is 9.82. The third kappa shape index (κ3) is 8.27. The number of aromatic nitrogens is 4. The lowest BCUT2D eigenvalue weighted by Gasteiger charge is -2.27. The number of pyridine rings is 1. The van der Waals surface area contributed by atoms with E-state index in [1.165, 1.54) is 48.0 Å². The van der Waals surface area contributed by atoms with Crippen molar-refractivity contribution in [2.24, 2.45) is 12.0 Å². The number of benzene rings is 5. The normalized spacial score (nSPS) is 13.6. The third-order valence-corrected chi connectivity index (χ3v) is 13.6. The van der Waals surface area contributed by atoms with Gasteiger partial charge in [-0.3, -0.25) is 18.9 Å². The fraction of sp³-hybridized carbons (Fsp3) is 0.0256. The highest BCUT2D eigenvalue weighted by Gasteiger charge is 2.36. The molecule has 66 heavy (non-hydrogen) atoms. The topological polar surface area (TPSA) is 324 Å². The van der Waals surface area contributed by atoms with Gasteiger partial charge in [-0.25, -0.2) is 23.9 Å². The highest BCUT2D eigenvalue weighted by Crippen LogP contribution is 2.45. The van der Waals surface area contributed by atoms with Crippen molar-refractivity contribution in [3.05, 3.63) is 124 Å². The minimum atomic E-state index is -4.69. The molecular formula is C39H27N9O14S4. The molecule has 8 N–H and O–H groups in total. The van der Waals surface area contributed by atoms with Crippen molar-refractivity contribution in [1.29, 1.82) is 0 Å². The van der Waals surface area contributed by atoms with E-state index in [1.807, 2.05) is 0 Å². The molecule has 336 valence electrons. The van der Waals surface area contributed by atoms with Crippen molar-refractivity contribution in [1.82, 2.24) is 24.2 Å². The molecule has 0 amide bonds. The highest BCUT2D eigenvalue weighted by atomic mass is 32.2. The average Bonchev–Trinajstić information content (AvgIpc) is 3.28. The van der Waals surface area contributed by atoms with Crippen molar-refractivity contribution in [3.8, 4) is 17.1 Å². The quantitative estimate of drug-likeness (QED) is 0.0255. The zero-order valence-electron chi connectivity index (χ0n) is 33.0. The number of fused-ring (bicyclic) bond motifs is 3. The molecule has 0 bridgehead atoms. The van der Waals surface area contributed by atoms with Crippen molar-refractivity contribution in [2.75, 3.05) is 16.0 Å². The second-order valence-electron chi connectivity index (χ2n) is 13.9. The molecule has 7 aromatic rings. The number of nitrogens with one attached hydrogen (secondary N) is 4. The predicted octanol–water partition coefficient (Wildman–Crippen LogP) is 6.34. The summed E-state index contributed by atoms with van der Waals surface area (Å²) in [5.41, 5.74) is 1.32. The standard InChI is InChI=1S/C39H27N9O14S4/c1-48-26-13-12-23(31-32(26)30(20-6-2-3-7-21(20)34(31)49)33(36(48)50)35-42-22-8-4-5-9-29(22)65(54,55)47-35)41-24-16-18(10-14-27(24)63-61-59-52)40-37-44-38(46-39(51)45-37)43-25-17-19(66(56,57)58)11-15-28(25)64-62-60-53/h2-17,41,52-53H,1H3,(H,42,47)(H,56,57,58)(H3,40,43,44,45,46,51). The van der Waals surface area contributed by atoms with Crippen LogP contribution in [0.15, 0.2) is 126 Å². The maximum absolute atomic E-state index is 14.7. The number of nitrogens with zero attached hydrogens (tertiary/aromatic N) is 5. The number of carbonyl (C=O) groups is 1. The van der Waals surface area contributed by atoms with Crippen LogP contribution in [0.3, 0.4) is 0 Å². The minimum Gasteiger partial charge on any atom is -0.479 e. The van der Waals surface area contributed by atoms with Gasteiger partial charge in [-0.05, 0) is 66.2 Å². The van der Waals surface area contributed by atoms with Crippen molar-refractivity contribution < 1.29 is 60.5 Å². The monoisotopic (exact) mass is 973 g/mol. The van der Waals surface area contributed by atoms with E-state index in [-0.39, 0.29) is 83.1 Å². The summed E-state index contributed by atoms with van der Waals surface area (Å²) in [5, 5.41) is 44.8. The maximum atomic E-state index is 14.7. The number of aromatic hydroxyl groups is 1. The van der Waals surface area contributed by atoms with E-state index < -0.39 is 42.4 Å². The highest BCUT2D eigenvalue weighted by molar-refractivity contribution is 7.95. The molecule has 5 aromatic carbocycles. The van der Waals surface area contributed by atoms with Gasteiger partial charge in [0, 0.05) is 29.2 Å². The number of sulfonamides is 1. The van der Waals surface area contributed by atoms with Gasteiger partial charge < -0.3 is 25.6 Å². The Morgan fingerprint density at radius 1 is 0.727 bits per heavy atom. The van der Waals surface area contributed by atoms with Gasteiger partial charge in [0.2, 0.25) is 11.9 Å². The second kappa shape index (κ2) is 17.4. The number of aliphatic imine (C=N–C) groups is 1. The molecule has 0 spiro atoms. The minimum absolute atomic E-state index is 0.0760. The van der Waals surface area contributed by atoms with Crippen molar-refractivity contribution >= 4 is 107 Å². The lowest BCUT2D eigenvalue weighted by Crippen LogP contribution is -2.39. The molecular weight excluding hydrogens is 947 g/mol. The summed E-state index contributed by atoms with van der Waals surface area (Å²) in [6.45, 7) is 0. The summed E-state index contributed by atoms with van der Waals surface area (Å²) < 4.78 is 73.4. The maximum Gasteiger partial charge on any atom is 0.320 e. The van der Waals surface area contributed by atoms with Crippen LogP contribution in [-0.2, 0) is 45.9 Å². The van der Waals surface area contributed by atoms with Gasteiger partial charge in [0.15, 0.2) is 11.6 Å². The lowest BCUT2D eigenvalue weighted by atomic mass is 9.81. The molecule has 2 aromatic heterocycles. The number of para-hydroxylation sites is 1. The summed E-state index contributed by atoms with van der Waals surface area (Å²) in [6.07, 6.45) is 0. The van der Waals surface area contributed by atoms with Gasteiger partial charge in [-0.1, -0.05) is 46.5 Å². The number of aryl methyl sites for hydroxylation is 1. The molecule has 27 heteroatoms. The van der Waals surface area contributed by atoms with E-state index >= 15 is 0 Å². The summed E-state index contributed by atoms with van der Waals surface area (Å²) >= 11 is 1.02. The average molecular weight is 974 g/mol. The first-order valence-electron chi connectivity index (χ1n) is 18.5. The lowest BCUT2D eigenvalue weighted by molar-refractivity contribution is -0.432. The van der Waals surface area contributed by atoms with Crippen molar-refractivity contribution in [3.63, 3.8) is 0 Å². The second-order valence-corrected chi connectivity index (χ2v) is 18.4. The Balaban J connectivity index is 1.14. The molecule has 0 saturated heterocycles.